The maximum absolute atomic E-state index is 5.09. The minimum atomic E-state index is -0.0174. The SMILES string of the molecule is C.CC(C)(C)C1=CCC=N1.CC(C)(C)C1=CCN=C1.CC(C)(C)c1cn[nH]n1.CC(C)(C)c1cnc[nH]1.CC(C)(C)c1cnco1.CC(C)(C)c1ncco1.CC(C)(C)c1ncn[nH]1.CC(C)(C)c1ncno1.CC(C)(C)n1cccn1. The first-order valence-corrected chi connectivity index (χ1v) is 27.7. The van der Waals surface area contributed by atoms with Gasteiger partial charge in [0.05, 0.1) is 42.7 Å². The Morgan fingerprint density at radius 1 is 0.573 bits per heavy atom. The van der Waals surface area contributed by atoms with Gasteiger partial charge in [-0.3, -0.25) is 19.8 Å². The Bertz CT molecular complexity index is 2280. The molecule has 0 atom stereocenters. The molecule has 19 heteroatoms. The smallest absolute Gasteiger partial charge is 0.231 e. The van der Waals surface area contributed by atoms with Gasteiger partial charge in [-0.1, -0.05) is 191 Å². The molecule has 0 saturated carbocycles. The Morgan fingerprint density at radius 3 is 1.44 bits per heavy atom. The fourth-order valence-electron chi connectivity index (χ4n) is 5.87. The number of aromatic amines is 3. The van der Waals surface area contributed by atoms with Gasteiger partial charge in [0.1, 0.15) is 24.2 Å². The quantitative estimate of drug-likeness (QED) is 0.128. The number of aliphatic imine (C=N–C) groups is 2. The van der Waals surface area contributed by atoms with Crippen molar-refractivity contribution in [1.82, 2.24) is 70.4 Å². The van der Waals surface area contributed by atoms with Gasteiger partial charge in [-0.25, -0.2) is 19.9 Å². The van der Waals surface area contributed by atoms with Crippen molar-refractivity contribution < 1.29 is 13.4 Å². The summed E-state index contributed by atoms with van der Waals surface area (Å²) in [6.07, 6.45) is 27.8. The summed E-state index contributed by atoms with van der Waals surface area (Å²) in [5.74, 6) is 3.34. The molecule has 7 aromatic heterocycles. The molecule has 19 nitrogen and oxygen atoms in total. The molecular formula is C63H108N16O3. The van der Waals surface area contributed by atoms with Crippen LogP contribution < -0.4 is 0 Å². The molecule has 0 amide bonds. The largest absolute Gasteiger partial charge is 0.448 e. The molecule has 9 heterocycles. The normalized spacial score (nSPS) is 13.2. The zero-order valence-electron chi connectivity index (χ0n) is 54.7. The van der Waals surface area contributed by atoms with Gasteiger partial charge >= 0.3 is 0 Å². The summed E-state index contributed by atoms with van der Waals surface area (Å²) in [6.45, 7) is 58.0. The van der Waals surface area contributed by atoms with Crippen molar-refractivity contribution in [3.63, 3.8) is 0 Å². The van der Waals surface area contributed by atoms with E-state index in [1.165, 1.54) is 36.0 Å². The van der Waals surface area contributed by atoms with Crippen LogP contribution in [0, 0.1) is 10.8 Å². The lowest BCUT2D eigenvalue weighted by molar-refractivity contribution is 0.320. The Morgan fingerprint density at radius 2 is 1.22 bits per heavy atom. The average molecular weight is 1140 g/mol. The van der Waals surface area contributed by atoms with Crippen LogP contribution in [0.3, 0.4) is 0 Å². The van der Waals surface area contributed by atoms with Crippen molar-refractivity contribution >= 4 is 12.4 Å². The predicted molar refractivity (Wildman–Crippen MR) is 336 cm³/mol. The number of hydrogen-bond donors (Lipinski definition) is 3. The molecule has 0 radical (unpaired) electrons. The second-order valence-electron chi connectivity index (χ2n) is 28.5. The van der Waals surface area contributed by atoms with E-state index in [1.54, 1.807) is 37.4 Å². The van der Waals surface area contributed by atoms with Gasteiger partial charge in [0.15, 0.2) is 18.6 Å². The summed E-state index contributed by atoms with van der Waals surface area (Å²) in [7, 11) is 0. The van der Waals surface area contributed by atoms with E-state index in [0.29, 0.717) is 11.3 Å². The summed E-state index contributed by atoms with van der Waals surface area (Å²) in [5.41, 5.74) is 5.97. The highest BCUT2D eigenvalue weighted by Crippen LogP contribution is 2.29. The van der Waals surface area contributed by atoms with Crippen LogP contribution in [-0.4, -0.2) is 89.4 Å². The van der Waals surface area contributed by atoms with Crippen LogP contribution in [0.15, 0.2) is 122 Å². The standard InChI is InChI=1S/2C8H13N.2C7H12N2.2C7H11NO.2C6H11N3.C6H10N2O.CH4/c1-8(2,3)7-4-5-9-6-7;1-8(2,3)7-5-4-6-9-7;1-7(2,3)6-4-8-5-9-6;1-7(2,3)9-6-4-5-8-9;1-7(2,3)6-4-8-5-9-6;1-7(2,3)6-8-4-5-9-6;1-6(2,3)5-7-4-8-9-5;1-6(2,3)5-4-7-9-8-5;1-6(2,3)5-7-4-8-9-5;/h4,6H,5H2,1-3H3;5-6H,4H2,1-3H3;4-5H,1-3H3,(H,8,9);4-6H,1-3H3;2*4-5H,1-3H3;2*4H,1-3H3,(H,7,8,9);4H,1-3H3;1H4. The number of imidazole rings is 1. The Balaban J connectivity index is 0.000000899. The van der Waals surface area contributed by atoms with Crippen molar-refractivity contribution in [3.8, 4) is 0 Å². The molecule has 2 aliphatic rings. The second-order valence-corrected chi connectivity index (χ2v) is 28.5. The topological polar surface area (TPSA) is 245 Å². The molecule has 0 aromatic carbocycles. The maximum Gasteiger partial charge on any atom is 0.231 e. The second kappa shape index (κ2) is 32.6. The van der Waals surface area contributed by atoms with E-state index in [-0.39, 0.29) is 50.9 Å². The number of allylic oxidation sites excluding steroid dienone is 3. The lowest BCUT2D eigenvalue weighted by Crippen LogP contribution is -2.21. The molecule has 0 unspecified atom stereocenters. The van der Waals surface area contributed by atoms with Gasteiger partial charge in [-0.15, -0.1) is 0 Å². The fourth-order valence-corrected chi connectivity index (χ4v) is 5.87. The van der Waals surface area contributed by atoms with Gasteiger partial charge < -0.3 is 18.3 Å². The Labute approximate surface area is 493 Å². The highest BCUT2D eigenvalue weighted by molar-refractivity contribution is 5.82. The van der Waals surface area contributed by atoms with E-state index in [1.807, 2.05) is 56.3 Å². The van der Waals surface area contributed by atoms with Crippen molar-refractivity contribution in [1.29, 1.82) is 0 Å². The van der Waals surface area contributed by atoms with Gasteiger partial charge in [-0.05, 0) is 37.8 Å². The Kier molecular flexibility index (Phi) is 29.9. The zero-order valence-corrected chi connectivity index (χ0v) is 54.7. The summed E-state index contributed by atoms with van der Waals surface area (Å²) >= 11 is 0. The van der Waals surface area contributed by atoms with Crippen LogP contribution in [-0.2, 0) is 38.0 Å². The molecule has 0 bridgehead atoms. The summed E-state index contributed by atoms with van der Waals surface area (Å²) in [4.78, 5) is 31.1. The van der Waals surface area contributed by atoms with E-state index in [2.05, 4.69) is 254 Å². The molecule has 82 heavy (non-hydrogen) atoms. The molecule has 0 fully saturated rings. The number of H-pyrrole nitrogens is 3. The minimum Gasteiger partial charge on any atom is -0.448 e. The third-order valence-corrected chi connectivity index (χ3v) is 11.0. The third kappa shape index (κ3) is 31.3. The van der Waals surface area contributed by atoms with Crippen molar-refractivity contribution in [2.24, 2.45) is 20.8 Å². The zero-order chi connectivity index (χ0) is 62.2. The molecular weight excluding hydrogens is 1030 g/mol. The van der Waals surface area contributed by atoms with E-state index in [4.69, 9.17) is 13.4 Å². The lowest BCUT2D eigenvalue weighted by atomic mass is 9.88. The number of rotatable bonds is 0. The number of aromatic nitrogens is 14. The van der Waals surface area contributed by atoms with Gasteiger partial charge in [0.25, 0.3) is 0 Å². The van der Waals surface area contributed by atoms with Crippen LogP contribution in [0.2, 0.25) is 0 Å². The summed E-state index contributed by atoms with van der Waals surface area (Å²) < 4.78 is 16.9. The monoisotopic (exact) mass is 1140 g/mol. The van der Waals surface area contributed by atoms with Crippen molar-refractivity contribution in [3.05, 3.63) is 133 Å². The predicted octanol–water partition coefficient (Wildman–Crippen LogP) is 15.9. The summed E-state index contributed by atoms with van der Waals surface area (Å²) in [6, 6.07) is 1.94. The number of hydrogen-bond acceptors (Lipinski definition) is 15. The van der Waals surface area contributed by atoms with E-state index in [0.717, 1.165) is 36.1 Å². The van der Waals surface area contributed by atoms with E-state index in [9.17, 15) is 0 Å². The third-order valence-electron chi connectivity index (χ3n) is 11.0. The number of nitrogens with one attached hydrogen (secondary N) is 3. The average Bonchev–Trinajstić information content (AvgIpc) is 4.21. The number of nitrogens with zero attached hydrogens (tertiary/aromatic N) is 13. The van der Waals surface area contributed by atoms with Crippen LogP contribution >= 0.6 is 0 Å². The minimum absolute atomic E-state index is 0. The molecule has 0 saturated heterocycles. The molecule has 0 spiro atoms. The van der Waals surface area contributed by atoms with Gasteiger partial charge in [-0.2, -0.15) is 30.6 Å². The first kappa shape index (κ1) is 75.1. The van der Waals surface area contributed by atoms with E-state index < -0.39 is 0 Å². The van der Waals surface area contributed by atoms with Gasteiger partial charge in [0.2, 0.25) is 5.89 Å². The van der Waals surface area contributed by atoms with Gasteiger partial charge in [0, 0.05) is 86.7 Å². The maximum atomic E-state index is 5.09. The van der Waals surface area contributed by atoms with Crippen LogP contribution in [0.25, 0.3) is 0 Å². The molecule has 2 aliphatic heterocycles. The molecule has 3 N–H and O–H groups in total. The van der Waals surface area contributed by atoms with Crippen LogP contribution in [0.1, 0.15) is 236 Å². The molecule has 9 rings (SSSR count). The first-order chi connectivity index (χ1) is 36.9. The van der Waals surface area contributed by atoms with Crippen molar-refractivity contribution in [2.45, 2.75) is 239 Å². The van der Waals surface area contributed by atoms with Crippen LogP contribution in [0.5, 0.6) is 0 Å². The molecule has 7 aromatic rings. The highest BCUT2D eigenvalue weighted by atomic mass is 16.5. The van der Waals surface area contributed by atoms with Crippen LogP contribution in [0.4, 0.5) is 0 Å². The number of oxazole rings is 2. The van der Waals surface area contributed by atoms with Crippen molar-refractivity contribution in [2.75, 3.05) is 6.54 Å². The summed E-state index contributed by atoms with van der Waals surface area (Å²) in [5, 5.41) is 24.4. The Hall–Kier alpha value is -6.92. The molecule has 0 aliphatic carbocycles. The molecule has 458 valence electrons. The fraction of sp³-hybridized carbons (Fsp3) is 0.619. The van der Waals surface area contributed by atoms with E-state index >= 15 is 0 Å². The highest BCUT2D eigenvalue weighted by Gasteiger charge is 2.22. The first-order valence-electron chi connectivity index (χ1n) is 27.7. The lowest BCUT2D eigenvalue weighted by Gasteiger charge is -2.18.